The number of pyridine rings is 1. The van der Waals surface area contributed by atoms with Crippen LogP contribution in [0.15, 0.2) is 95.9 Å². The molecule has 4 aromatic rings. The van der Waals surface area contributed by atoms with Crippen molar-refractivity contribution in [2.75, 3.05) is 13.1 Å². The van der Waals surface area contributed by atoms with Crippen molar-refractivity contribution in [2.24, 2.45) is 0 Å². The molecule has 0 atom stereocenters. The van der Waals surface area contributed by atoms with Crippen LogP contribution in [0.1, 0.15) is 10.4 Å². The monoisotopic (exact) mass is 431 g/mol. The predicted octanol–water partition coefficient (Wildman–Crippen LogP) is 3.61. The fourth-order valence-electron chi connectivity index (χ4n) is 3.26. The fraction of sp³-hybridized carbons (Fsp3) is 0.0833. The number of carbonyl (C=O) groups is 1. The lowest BCUT2D eigenvalue weighted by Crippen LogP contribution is -2.34. The molecule has 3 aromatic carbocycles. The maximum Gasteiger partial charge on any atom is 0.252 e. The molecule has 31 heavy (non-hydrogen) atoms. The van der Waals surface area contributed by atoms with Crippen molar-refractivity contribution < 1.29 is 13.2 Å². The smallest absolute Gasteiger partial charge is 0.252 e. The minimum Gasteiger partial charge on any atom is -0.351 e. The molecular formula is C24H21N3O3S. The molecule has 0 spiro atoms. The van der Waals surface area contributed by atoms with Gasteiger partial charge < -0.3 is 5.32 Å². The van der Waals surface area contributed by atoms with E-state index in [2.05, 4.69) is 15.0 Å². The van der Waals surface area contributed by atoms with Crippen LogP contribution in [0.3, 0.4) is 0 Å². The van der Waals surface area contributed by atoms with Gasteiger partial charge in [0.2, 0.25) is 10.0 Å². The van der Waals surface area contributed by atoms with Crippen molar-refractivity contribution in [3.63, 3.8) is 0 Å². The fourth-order valence-corrected chi connectivity index (χ4v) is 4.31. The first-order valence-corrected chi connectivity index (χ1v) is 11.3. The van der Waals surface area contributed by atoms with Crippen molar-refractivity contribution in [3.8, 4) is 11.3 Å². The molecule has 6 nitrogen and oxygen atoms in total. The van der Waals surface area contributed by atoms with Gasteiger partial charge in [-0.15, -0.1) is 0 Å². The summed E-state index contributed by atoms with van der Waals surface area (Å²) >= 11 is 0. The third-order valence-electron chi connectivity index (χ3n) is 4.79. The third-order valence-corrected chi connectivity index (χ3v) is 6.26. The topological polar surface area (TPSA) is 88.2 Å². The highest BCUT2D eigenvalue weighted by molar-refractivity contribution is 7.89. The van der Waals surface area contributed by atoms with Gasteiger partial charge in [0.15, 0.2) is 0 Å². The lowest BCUT2D eigenvalue weighted by molar-refractivity contribution is 0.0956. The molecule has 156 valence electrons. The third kappa shape index (κ3) is 4.79. The molecule has 0 saturated carbocycles. The van der Waals surface area contributed by atoms with Crippen LogP contribution in [0, 0.1) is 0 Å². The number of nitrogens with one attached hydrogen (secondary N) is 2. The Morgan fingerprint density at radius 3 is 2.19 bits per heavy atom. The van der Waals surface area contributed by atoms with Crippen LogP contribution < -0.4 is 10.0 Å². The van der Waals surface area contributed by atoms with E-state index >= 15 is 0 Å². The number of rotatable bonds is 7. The molecule has 0 saturated heterocycles. The van der Waals surface area contributed by atoms with E-state index in [1.807, 2.05) is 54.6 Å². The van der Waals surface area contributed by atoms with E-state index in [9.17, 15) is 13.2 Å². The first-order valence-electron chi connectivity index (χ1n) is 9.83. The second kappa shape index (κ2) is 9.07. The Balaban J connectivity index is 1.50. The van der Waals surface area contributed by atoms with E-state index in [-0.39, 0.29) is 23.9 Å². The number of carbonyl (C=O) groups excluding carboxylic acids is 1. The molecule has 0 aliphatic carbocycles. The number of hydrogen-bond acceptors (Lipinski definition) is 4. The van der Waals surface area contributed by atoms with Crippen molar-refractivity contribution in [1.29, 1.82) is 0 Å². The minimum atomic E-state index is -3.61. The standard InChI is InChI=1S/C24H21N3O3S/c28-24(25-15-16-26-31(29,30)19-11-5-2-6-12-19)21-17-23(18-9-3-1-4-10-18)27-22-14-8-7-13-20(21)22/h1-14,17,26H,15-16H2,(H,25,28). The Morgan fingerprint density at radius 1 is 0.806 bits per heavy atom. The summed E-state index contributed by atoms with van der Waals surface area (Å²) in [6, 6.07) is 27.0. The lowest BCUT2D eigenvalue weighted by Gasteiger charge is -2.11. The molecule has 0 fully saturated rings. The number of sulfonamides is 1. The average molecular weight is 432 g/mol. The van der Waals surface area contributed by atoms with Gasteiger partial charge in [-0.3, -0.25) is 4.79 Å². The van der Waals surface area contributed by atoms with E-state index in [1.165, 1.54) is 12.1 Å². The molecule has 2 N–H and O–H groups in total. The van der Waals surface area contributed by atoms with Crippen LogP contribution in [0.5, 0.6) is 0 Å². The van der Waals surface area contributed by atoms with E-state index in [0.717, 1.165) is 16.5 Å². The predicted molar refractivity (Wildman–Crippen MR) is 121 cm³/mol. The van der Waals surface area contributed by atoms with Gasteiger partial charge in [0.1, 0.15) is 0 Å². The molecule has 0 radical (unpaired) electrons. The number of hydrogen-bond donors (Lipinski definition) is 2. The van der Waals surface area contributed by atoms with Crippen LogP contribution in [0.2, 0.25) is 0 Å². The molecule has 7 heteroatoms. The largest absolute Gasteiger partial charge is 0.351 e. The summed E-state index contributed by atoms with van der Waals surface area (Å²) in [6.07, 6.45) is 0. The molecule has 1 heterocycles. The van der Waals surface area contributed by atoms with Gasteiger partial charge in [0.05, 0.1) is 21.7 Å². The zero-order chi connectivity index (χ0) is 21.7. The SMILES string of the molecule is O=C(NCCNS(=O)(=O)c1ccccc1)c1cc(-c2ccccc2)nc2ccccc12. The van der Waals surface area contributed by atoms with E-state index in [1.54, 1.807) is 24.3 Å². The zero-order valence-corrected chi connectivity index (χ0v) is 17.5. The molecule has 0 unspecified atom stereocenters. The van der Waals surface area contributed by atoms with Crippen LogP contribution in [-0.2, 0) is 10.0 Å². The molecule has 0 bridgehead atoms. The number of aromatic nitrogens is 1. The maximum absolute atomic E-state index is 12.9. The number of para-hydroxylation sites is 1. The molecule has 1 amide bonds. The Kier molecular flexibility index (Phi) is 6.06. The number of nitrogens with zero attached hydrogens (tertiary/aromatic N) is 1. The van der Waals surface area contributed by atoms with E-state index in [4.69, 9.17) is 0 Å². The van der Waals surface area contributed by atoms with Crippen LogP contribution in [-0.4, -0.2) is 32.4 Å². The lowest BCUT2D eigenvalue weighted by atomic mass is 10.0. The Bertz CT molecular complexity index is 1310. The quantitative estimate of drug-likeness (QED) is 0.438. The highest BCUT2D eigenvalue weighted by Crippen LogP contribution is 2.24. The second-order valence-corrected chi connectivity index (χ2v) is 8.67. The van der Waals surface area contributed by atoms with Gasteiger partial charge >= 0.3 is 0 Å². The molecular weight excluding hydrogens is 410 g/mol. The first-order chi connectivity index (χ1) is 15.0. The molecule has 0 aliphatic rings. The molecule has 1 aromatic heterocycles. The van der Waals surface area contributed by atoms with Crippen LogP contribution in [0.4, 0.5) is 0 Å². The summed E-state index contributed by atoms with van der Waals surface area (Å²) < 4.78 is 27.1. The number of fused-ring (bicyclic) bond motifs is 1. The zero-order valence-electron chi connectivity index (χ0n) is 16.7. The Morgan fingerprint density at radius 2 is 1.45 bits per heavy atom. The van der Waals surface area contributed by atoms with Gasteiger partial charge in [-0.25, -0.2) is 18.1 Å². The highest BCUT2D eigenvalue weighted by atomic mass is 32.2. The maximum atomic E-state index is 12.9. The Hall–Kier alpha value is -3.55. The van der Waals surface area contributed by atoms with Gasteiger partial charge in [0, 0.05) is 24.0 Å². The number of amides is 1. The van der Waals surface area contributed by atoms with Gasteiger partial charge in [0.25, 0.3) is 5.91 Å². The highest BCUT2D eigenvalue weighted by Gasteiger charge is 2.15. The van der Waals surface area contributed by atoms with Crippen molar-refractivity contribution in [3.05, 3.63) is 96.6 Å². The second-order valence-electron chi connectivity index (χ2n) is 6.90. The molecule has 0 aliphatic heterocycles. The summed E-state index contributed by atoms with van der Waals surface area (Å²) in [6.45, 7) is 0.236. The van der Waals surface area contributed by atoms with Crippen molar-refractivity contribution in [1.82, 2.24) is 15.0 Å². The summed E-state index contributed by atoms with van der Waals surface area (Å²) in [7, 11) is -3.61. The summed E-state index contributed by atoms with van der Waals surface area (Å²) in [5.74, 6) is -0.283. The summed E-state index contributed by atoms with van der Waals surface area (Å²) in [5, 5.41) is 3.54. The Labute approximate surface area is 181 Å². The van der Waals surface area contributed by atoms with Crippen LogP contribution >= 0.6 is 0 Å². The van der Waals surface area contributed by atoms with Gasteiger partial charge in [-0.05, 0) is 24.3 Å². The van der Waals surface area contributed by atoms with Crippen molar-refractivity contribution in [2.45, 2.75) is 4.90 Å². The van der Waals surface area contributed by atoms with Crippen LogP contribution in [0.25, 0.3) is 22.2 Å². The number of benzene rings is 3. The minimum absolute atomic E-state index is 0.0809. The molecule has 4 rings (SSSR count). The summed E-state index contributed by atoms with van der Waals surface area (Å²) in [4.78, 5) is 17.8. The first kappa shape index (κ1) is 20.7. The van der Waals surface area contributed by atoms with E-state index < -0.39 is 10.0 Å². The van der Waals surface area contributed by atoms with Gasteiger partial charge in [-0.1, -0.05) is 66.7 Å². The summed E-state index contributed by atoms with van der Waals surface area (Å²) in [5.41, 5.74) is 2.83. The average Bonchev–Trinajstić information content (AvgIpc) is 2.82. The van der Waals surface area contributed by atoms with Crippen molar-refractivity contribution >= 4 is 26.8 Å². The van der Waals surface area contributed by atoms with Gasteiger partial charge in [-0.2, -0.15) is 0 Å². The van der Waals surface area contributed by atoms with E-state index in [0.29, 0.717) is 11.3 Å². The normalized spacial score (nSPS) is 11.4.